The van der Waals surface area contributed by atoms with Crippen molar-refractivity contribution in [3.8, 4) is 22.3 Å². The lowest BCUT2D eigenvalue weighted by Crippen LogP contribution is -2.25. The molecular weight excluding hydrogens is 810 g/mol. The average molecular weight is 851 g/mol. The van der Waals surface area contributed by atoms with Crippen molar-refractivity contribution in [3.63, 3.8) is 0 Å². The SMILES string of the molecule is Cc1cc(C(F)(F)F)cc(C(F)(F)F)c1.Cc1ccc(P(=O)(c2ccccc2)c2ccccc2)cc1.Cc1ccc2c(c1)C1(c3ccccc3-c3ccccc31)c1ccccc1-2. The summed E-state index contributed by atoms with van der Waals surface area (Å²) in [7, 11) is -2.80. The molecule has 0 N–H and O–H groups in total. The van der Waals surface area contributed by atoms with Gasteiger partial charge in [0.2, 0.25) is 0 Å². The number of halogens is 6. The Morgan fingerprint density at radius 1 is 0.355 bits per heavy atom. The zero-order valence-corrected chi connectivity index (χ0v) is 35.0. The van der Waals surface area contributed by atoms with Gasteiger partial charge in [0.25, 0.3) is 0 Å². The third-order valence-corrected chi connectivity index (χ3v) is 14.6. The van der Waals surface area contributed by atoms with Crippen molar-refractivity contribution in [3.05, 3.63) is 244 Å². The normalized spacial score (nSPS) is 13.1. The Bertz CT molecular complexity index is 2800. The third-order valence-electron chi connectivity index (χ3n) is 11.5. The molecule has 62 heavy (non-hydrogen) atoms. The molecule has 0 radical (unpaired) electrons. The van der Waals surface area contributed by atoms with E-state index in [2.05, 4.69) is 97.9 Å². The van der Waals surface area contributed by atoms with E-state index in [1.807, 2.05) is 91.9 Å². The van der Waals surface area contributed by atoms with E-state index in [9.17, 15) is 30.9 Å². The maximum atomic E-state index is 13.9. The molecule has 0 heterocycles. The van der Waals surface area contributed by atoms with Crippen molar-refractivity contribution in [1.82, 2.24) is 0 Å². The van der Waals surface area contributed by atoms with Gasteiger partial charge >= 0.3 is 12.4 Å². The summed E-state index contributed by atoms with van der Waals surface area (Å²) in [6.07, 6.45) is -9.52. The first-order chi connectivity index (χ1) is 29.6. The molecule has 310 valence electrons. The first-order valence-electron chi connectivity index (χ1n) is 20.1. The van der Waals surface area contributed by atoms with E-state index in [0.29, 0.717) is 12.1 Å². The summed E-state index contributed by atoms with van der Waals surface area (Å²) in [6, 6.07) is 62.7. The van der Waals surface area contributed by atoms with Crippen molar-refractivity contribution in [2.45, 2.75) is 38.5 Å². The number of hydrogen-bond donors (Lipinski definition) is 0. The number of aryl methyl sites for hydroxylation is 3. The molecule has 8 aromatic rings. The Balaban J connectivity index is 0.000000133. The van der Waals surface area contributed by atoms with Gasteiger partial charge < -0.3 is 4.57 Å². The van der Waals surface area contributed by atoms with E-state index >= 15 is 0 Å². The lowest BCUT2D eigenvalue weighted by molar-refractivity contribution is -0.143. The van der Waals surface area contributed by atoms with Gasteiger partial charge in [0.15, 0.2) is 7.14 Å². The van der Waals surface area contributed by atoms with Gasteiger partial charge in [0.1, 0.15) is 0 Å². The first kappa shape index (κ1) is 42.3. The second-order valence-corrected chi connectivity index (χ2v) is 18.4. The summed E-state index contributed by atoms with van der Waals surface area (Å²) in [6.45, 7) is 5.42. The van der Waals surface area contributed by atoms with Crippen LogP contribution in [0.3, 0.4) is 0 Å². The molecule has 0 unspecified atom stereocenters. The third kappa shape index (κ3) is 7.60. The molecule has 0 bridgehead atoms. The van der Waals surface area contributed by atoms with E-state index < -0.39 is 30.6 Å². The highest BCUT2D eigenvalue weighted by Crippen LogP contribution is 2.62. The van der Waals surface area contributed by atoms with Gasteiger partial charge in [-0.2, -0.15) is 26.3 Å². The number of alkyl halides is 6. The Hall–Kier alpha value is -6.43. The first-order valence-corrected chi connectivity index (χ1v) is 21.8. The summed E-state index contributed by atoms with van der Waals surface area (Å²) < 4.78 is 86.9. The van der Waals surface area contributed by atoms with Gasteiger partial charge in [0.05, 0.1) is 16.5 Å². The molecule has 0 saturated carbocycles. The topological polar surface area (TPSA) is 17.1 Å². The molecule has 2 aliphatic rings. The molecular formula is C54H41F6OP. The molecule has 1 nitrogen and oxygen atoms in total. The highest BCUT2D eigenvalue weighted by atomic mass is 31.2. The Morgan fingerprint density at radius 3 is 1.13 bits per heavy atom. The van der Waals surface area contributed by atoms with Crippen LogP contribution in [0, 0.1) is 20.8 Å². The van der Waals surface area contributed by atoms with Crippen LogP contribution in [0.25, 0.3) is 22.3 Å². The maximum absolute atomic E-state index is 13.9. The number of benzene rings is 8. The van der Waals surface area contributed by atoms with Gasteiger partial charge in [-0.3, -0.25) is 0 Å². The van der Waals surface area contributed by atoms with E-state index in [4.69, 9.17) is 0 Å². The van der Waals surface area contributed by atoms with Crippen molar-refractivity contribution < 1.29 is 30.9 Å². The quantitative estimate of drug-likeness (QED) is 0.128. The van der Waals surface area contributed by atoms with E-state index in [0.717, 1.165) is 15.9 Å². The van der Waals surface area contributed by atoms with Crippen molar-refractivity contribution in [2.75, 3.05) is 0 Å². The van der Waals surface area contributed by atoms with E-state index in [1.54, 1.807) is 0 Å². The molecule has 1 spiro atoms. The fraction of sp³-hybridized carbons (Fsp3) is 0.111. The number of fused-ring (bicyclic) bond motifs is 10. The largest absolute Gasteiger partial charge is 0.416 e. The Kier molecular flexibility index (Phi) is 11.2. The van der Waals surface area contributed by atoms with Gasteiger partial charge in [-0.1, -0.05) is 187 Å². The summed E-state index contributed by atoms with van der Waals surface area (Å²) in [5.74, 6) is 0. The standard InChI is InChI=1S/C26H18.C19H17OP.C9H6F6/c1-17-14-15-21-20-10-4-7-13-24(20)26(25(21)16-17)22-11-5-2-8-18(22)19-9-3-6-12-23(19)26;1-16-12-14-19(15-13-16)21(20,17-8-4-2-5-9-17)18-10-6-3-7-11-18;1-5-2-6(8(10,11)12)4-7(3-5)9(13,14)15/h2-16H,1H3;2-15H,1H3;2-4H,1H3. The summed E-state index contributed by atoms with van der Waals surface area (Å²) >= 11 is 0. The highest BCUT2D eigenvalue weighted by Gasteiger charge is 2.51. The van der Waals surface area contributed by atoms with Crippen molar-refractivity contribution >= 4 is 23.1 Å². The van der Waals surface area contributed by atoms with Gasteiger partial charge in [0, 0.05) is 15.9 Å². The fourth-order valence-electron chi connectivity index (χ4n) is 8.80. The molecule has 0 fully saturated rings. The molecule has 8 aromatic carbocycles. The molecule has 0 aliphatic heterocycles. The van der Waals surface area contributed by atoms with Crippen LogP contribution < -0.4 is 15.9 Å². The highest BCUT2D eigenvalue weighted by molar-refractivity contribution is 7.85. The minimum Gasteiger partial charge on any atom is -0.309 e. The van der Waals surface area contributed by atoms with Crippen LogP contribution in [-0.2, 0) is 22.3 Å². The van der Waals surface area contributed by atoms with Gasteiger partial charge in [-0.15, -0.1) is 0 Å². The molecule has 8 heteroatoms. The van der Waals surface area contributed by atoms with Crippen LogP contribution in [0.2, 0.25) is 0 Å². The van der Waals surface area contributed by atoms with Crippen LogP contribution in [-0.4, -0.2) is 0 Å². The molecule has 0 aromatic heterocycles. The molecule has 0 amide bonds. The minimum absolute atomic E-state index is 0.0721. The van der Waals surface area contributed by atoms with Crippen LogP contribution in [0.5, 0.6) is 0 Å². The van der Waals surface area contributed by atoms with Crippen molar-refractivity contribution in [1.29, 1.82) is 0 Å². The second-order valence-electron chi connectivity index (χ2n) is 15.6. The monoisotopic (exact) mass is 850 g/mol. The van der Waals surface area contributed by atoms with Crippen LogP contribution in [0.15, 0.2) is 194 Å². The second kappa shape index (κ2) is 16.4. The molecule has 0 saturated heterocycles. The Labute approximate surface area is 357 Å². The van der Waals surface area contributed by atoms with Crippen LogP contribution in [0.4, 0.5) is 26.3 Å². The number of rotatable bonds is 3. The van der Waals surface area contributed by atoms with E-state index in [-0.39, 0.29) is 17.0 Å². The predicted molar refractivity (Wildman–Crippen MR) is 239 cm³/mol. The Morgan fingerprint density at radius 2 is 0.710 bits per heavy atom. The molecule has 0 atom stereocenters. The number of hydrogen-bond acceptors (Lipinski definition) is 1. The lowest BCUT2D eigenvalue weighted by Gasteiger charge is -2.30. The predicted octanol–water partition coefficient (Wildman–Crippen LogP) is 14.0. The summed E-state index contributed by atoms with van der Waals surface area (Å²) in [5, 5.41) is 2.63. The van der Waals surface area contributed by atoms with E-state index in [1.165, 1.54) is 62.6 Å². The average Bonchev–Trinajstić information content (AvgIpc) is 3.73. The van der Waals surface area contributed by atoms with Crippen LogP contribution in [0.1, 0.15) is 50.1 Å². The van der Waals surface area contributed by atoms with Crippen molar-refractivity contribution in [2.24, 2.45) is 0 Å². The van der Waals surface area contributed by atoms with Crippen LogP contribution >= 0.6 is 7.14 Å². The minimum atomic E-state index is -4.76. The maximum Gasteiger partial charge on any atom is 0.416 e. The molecule has 10 rings (SSSR count). The smallest absolute Gasteiger partial charge is 0.309 e. The summed E-state index contributed by atoms with van der Waals surface area (Å²) in [4.78, 5) is 0. The summed E-state index contributed by atoms with van der Waals surface area (Å²) in [5.41, 5.74) is 10.8. The van der Waals surface area contributed by atoms with Gasteiger partial charge in [-0.05, 0) is 89.0 Å². The lowest BCUT2D eigenvalue weighted by atomic mass is 9.70. The molecule has 2 aliphatic carbocycles. The fourth-order valence-corrected chi connectivity index (χ4v) is 11.4. The zero-order chi connectivity index (χ0) is 43.9. The zero-order valence-electron chi connectivity index (χ0n) is 34.1. The van der Waals surface area contributed by atoms with Gasteiger partial charge in [-0.25, -0.2) is 0 Å².